The Morgan fingerprint density at radius 1 is 0.833 bits per heavy atom. The zero-order chi connectivity index (χ0) is 13.6. The Balaban J connectivity index is 2.27. The first-order valence-electron chi connectivity index (χ1n) is 6.34. The second kappa shape index (κ2) is 4.11. The number of aliphatic imine (C=N–C) groups is 2. The van der Waals surface area contributed by atoms with Crippen LogP contribution in [0.4, 0.5) is 0 Å². The highest BCUT2D eigenvalue weighted by Gasteiger charge is 2.31. The normalized spacial score (nSPS) is 25.9. The third-order valence-electron chi connectivity index (χ3n) is 3.14. The van der Waals surface area contributed by atoms with Crippen molar-refractivity contribution in [3.8, 4) is 0 Å². The second-order valence-corrected chi connectivity index (χ2v) is 6.29. The molecule has 18 heavy (non-hydrogen) atoms. The van der Waals surface area contributed by atoms with Gasteiger partial charge in [-0.2, -0.15) is 0 Å². The van der Waals surface area contributed by atoms with Gasteiger partial charge >= 0.3 is 0 Å². The quantitative estimate of drug-likeness (QED) is 0.756. The summed E-state index contributed by atoms with van der Waals surface area (Å²) in [6.45, 7) is 13.5. The monoisotopic (exact) mass is 250 g/mol. The largest absolute Gasteiger partial charge is 0.475 e. The van der Waals surface area contributed by atoms with E-state index in [1.807, 2.05) is 13.8 Å². The van der Waals surface area contributed by atoms with Gasteiger partial charge in [0.2, 0.25) is 11.8 Å². The van der Waals surface area contributed by atoms with Crippen molar-refractivity contribution in [2.45, 2.75) is 52.6 Å². The molecule has 0 saturated carbocycles. The molecule has 2 aliphatic rings. The molecular formula is C14H22N2O2. The molecule has 100 valence electrons. The summed E-state index contributed by atoms with van der Waals surface area (Å²) in [5.41, 5.74) is 1.76. The highest BCUT2D eigenvalue weighted by molar-refractivity contribution is 6.05. The van der Waals surface area contributed by atoms with Crippen LogP contribution in [0.1, 0.15) is 41.5 Å². The fraction of sp³-hybridized carbons (Fsp3) is 0.714. The van der Waals surface area contributed by atoms with Gasteiger partial charge in [-0.1, -0.05) is 0 Å². The highest BCUT2D eigenvalue weighted by Crippen LogP contribution is 2.25. The Morgan fingerprint density at radius 2 is 1.17 bits per heavy atom. The van der Waals surface area contributed by atoms with Crippen LogP contribution in [-0.4, -0.2) is 36.1 Å². The molecule has 0 amide bonds. The van der Waals surface area contributed by atoms with E-state index in [1.54, 1.807) is 0 Å². The van der Waals surface area contributed by atoms with E-state index in [4.69, 9.17) is 9.47 Å². The molecule has 0 saturated heterocycles. The lowest BCUT2D eigenvalue weighted by Gasteiger charge is -2.08. The van der Waals surface area contributed by atoms with Gasteiger partial charge in [0.15, 0.2) is 0 Å². The Bertz CT molecular complexity index is 414. The van der Waals surface area contributed by atoms with Gasteiger partial charge in [-0.05, 0) is 41.5 Å². The van der Waals surface area contributed by atoms with Crippen molar-refractivity contribution in [3.63, 3.8) is 0 Å². The van der Waals surface area contributed by atoms with Gasteiger partial charge in [0.05, 0.1) is 11.1 Å². The molecule has 0 unspecified atom stereocenters. The van der Waals surface area contributed by atoms with Crippen molar-refractivity contribution in [3.05, 3.63) is 11.1 Å². The van der Waals surface area contributed by atoms with Crippen molar-refractivity contribution < 1.29 is 9.47 Å². The van der Waals surface area contributed by atoms with Crippen LogP contribution < -0.4 is 0 Å². The summed E-state index contributed by atoms with van der Waals surface area (Å²) in [5.74, 6) is 1.43. The summed E-state index contributed by atoms with van der Waals surface area (Å²) in [6, 6.07) is 0. The molecule has 0 spiro atoms. The SMILES string of the molecule is C/C(C1=NC(C)(C)CO1)=C(/C)C1=NC(C)(C)CO1. The summed E-state index contributed by atoms with van der Waals surface area (Å²) in [5, 5.41) is 0. The fourth-order valence-corrected chi connectivity index (χ4v) is 1.87. The van der Waals surface area contributed by atoms with Crippen molar-refractivity contribution in [1.82, 2.24) is 0 Å². The van der Waals surface area contributed by atoms with E-state index in [-0.39, 0.29) is 11.1 Å². The lowest BCUT2D eigenvalue weighted by atomic mass is 10.1. The number of nitrogens with zero attached hydrogens (tertiary/aromatic N) is 2. The van der Waals surface area contributed by atoms with Crippen LogP contribution in [0.3, 0.4) is 0 Å². The lowest BCUT2D eigenvalue weighted by molar-refractivity contribution is 0.276. The molecule has 0 aromatic heterocycles. The van der Waals surface area contributed by atoms with Crippen molar-refractivity contribution >= 4 is 11.8 Å². The topological polar surface area (TPSA) is 43.2 Å². The van der Waals surface area contributed by atoms with Gasteiger partial charge in [0.1, 0.15) is 13.2 Å². The second-order valence-electron chi connectivity index (χ2n) is 6.29. The average molecular weight is 250 g/mol. The van der Waals surface area contributed by atoms with E-state index >= 15 is 0 Å². The predicted octanol–water partition coefficient (Wildman–Crippen LogP) is 2.74. The maximum absolute atomic E-state index is 5.64. The fourth-order valence-electron chi connectivity index (χ4n) is 1.87. The molecule has 0 fully saturated rings. The molecule has 0 aliphatic carbocycles. The standard InChI is InChI=1S/C14H22N2O2/c1-9(11-15-13(3,4)7-17-11)10(2)12-16-14(5,6)8-18-12/h7-8H2,1-6H3/b10-9+. The number of rotatable bonds is 2. The Kier molecular flexibility index (Phi) is 2.99. The van der Waals surface area contributed by atoms with Crippen molar-refractivity contribution in [2.24, 2.45) is 9.98 Å². The number of hydrogen-bond acceptors (Lipinski definition) is 4. The molecule has 0 radical (unpaired) electrons. The third kappa shape index (κ3) is 2.57. The summed E-state index contributed by atoms with van der Waals surface area (Å²) < 4.78 is 11.3. The Morgan fingerprint density at radius 3 is 1.39 bits per heavy atom. The molecule has 2 rings (SSSR count). The Hall–Kier alpha value is -1.32. The van der Waals surface area contributed by atoms with Crippen molar-refractivity contribution in [1.29, 1.82) is 0 Å². The summed E-state index contributed by atoms with van der Waals surface area (Å²) in [6.07, 6.45) is 0. The van der Waals surface area contributed by atoms with Crippen LogP contribution in [-0.2, 0) is 9.47 Å². The molecule has 0 aromatic carbocycles. The average Bonchev–Trinajstić information content (AvgIpc) is 2.79. The van der Waals surface area contributed by atoms with Crippen LogP contribution in [0, 0.1) is 0 Å². The maximum Gasteiger partial charge on any atom is 0.212 e. The molecule has 4 heteroatoms. The van der Waals surface area contributed by atoms with Gasteiger partial charge in [0.25, 0.3) is 0 Å². The van der Waals surface area contributed by atoms with Gasteiger partial charge in [-0.3, -0.25) is 0 Å². The molecule has 0 aromatic rings. The van der Waals surface area contributed by atoms with Gasteiger partial charge in [0, 0.05) is 11.1 Å². The molecule has 0 atom stereocenters. The van der Waals surface area contributed by atoms with Crippen LogP contribution in [0.25, 0.3) is 0 Å². The molecular weight excluding hydrogens is 228 g/mol. The molecule has 0 N–H and O–H groups in total. The van der Waals surface area contributed by atoms with Gasteiger partial charge in [-0.15, -0.1) is 0 Å². The summed E-state index contributed by atoms with van der Waals surface area (Å²) >= 11 is 0. The summed E-state index contributed by atoms with van der Waals surface area (Å²) in [4.78, 5) is 9.15. The van der Waals surface area contributed by atoms with E-state index in [0.29, 0.717) is 25.0 Å². The minimum atomic E-state index is -0.130. The molecule has 4 nitrogen and oxygen atoms in total. The third-order valence-corrected chi connectivity index (χ3v) is 3.14. The maximum atomic E-state index is 5.64. The smallest absolute Gasteiger partial charge is 0.212 e. The van der Waals surface area contributed by atoms with Crippen LogP contribution in [0.5, 0.6) is 0 Å². The van der Waals surface area contributed by atoms with E-state index < -0.39 is 0 Å². The predicted molar refractivity (Wildman–Crippen MR) is 73.3 cm³/mol. The zero-order valence-electron chi connectivity index (χ0n) is 12.1. The molecule has 2 aliphatic heterocycles. The Labute approximate surface area is 109 Å². The number of hydrogen-bond donors (Lipinski definition) is 0. The first kappa shape index (κ1) is 13.1. The number of ether oxygens (including phenoxy) is 2. The highest BCUT2D eigenvalue weighted by atomic mass is 16.5. The molecule has 0 bridgehead atoms. The van der Waals surface area contributed by atoms with E-state index in [0.717, 1.165) is 11.1 Å². The summed E-state index contributed by atoms with van der Waals surface area (Å²) in [7, 11) is 0. The van der Waals surface area contributed by atoms with E-state index in [2.05, 4.69) is 37.7 Å². The zero-order valence-corrected chi connectivity index (χ0v) is 12.1. The van der Waals surface area contributed by atoms with Crippen LogP contribution in [0.15, 0.2) is 21.1 Å². The van der Waals surface area contributed by atoms with Crippen LogP contribution >= 0.6 is 0 Å². The van der Waals surface area contributed by atoms with E-state index in [1.165, 1.54) is 0 Å². The minimum Gasteiger partial charge on any atom is -0.475 e. The molecule has 2 heterocycles. The van der Waals surface area contributed by atoms with Crippen molar-refractivity contribution in [2.75, 3.05) is 13.2 Å². The lowest BCUT2D eigenvalue weighted by Crippen LogP contribution is -2.17. The van der Waals surface area contributed by atoms with E-state index in [9.17, 15) is 0 Å². The van der Waals surface area contributed by atoms with Gasteiger partial charge in [-0.25, -0.2) is 9.98 Å². The first-order chi connectivity index (χ1) is 8.20. The minimum absolute atomic E-state index is 0.130. The van der Waals surface area contributed by atoms with Crippen LogP contribution in [0.2, 0.25) is 0 Å². The first-order valence-corrected chi connectivity index (χ1v) is 6.34. The van der Waals surface area contributed by atoms with Gasteiger partial charge < -0.3 is 9.47 Å².